The van der Waals surface area contributed by atoms with Crippen molar-refractivity contribution in [1.82, 2.24) is 0 Å². The van der Waals surface area contributed by atoms with Crippen molar-refractivity contribution in [2.24, 2.45) is 11.7 Å². The molecular formula is C14H21FN2O. The van der Waals surface area contributed by atoms with Crippen LogP contribution < -0.4 is 15.8 Å². The molecule has 0 amide bonds. The van der Waals surface area contributed by atoms with E-state index in [9.17, 15) is 4.39 Å². The van der Waals surface area contributed by atoms with Crippen LogP contribution in [0.2, 0.25) is 0 Å². The van der Waals surface area contributed by atoms with Gasteiger partial charge in [-0.05, 0) is 30.9 Å². The number of anilines is 1. The lowest BCUT2D eigenvalue weighted by molar-refractivity contribution is 0.386. The maximum absolute atomic E-state index is 13.3. The van der Waals surface area contributed by atoms with Crippen LogP contribution >= 0.6 is 0 Å². The summed E-state index contributed by atoms with van der Waals surface area (Å²) in [6.07, 6.45) is 5.03. The van der Waals surface area contributed by atoms with Crippen molar-refractivity contribution in [3.63, 3.8) is 0 Å². The van der Waals surface area contributed by atoms with E-state index in [1.807, 2.05) is 0 Å². The van der Waals surface area contributed by atoms with E-state index in [2.05, 4.69) is 5.32 Å². The van der Waals surface area contributed by atoms with E-state index in [1.54, 1.807) is 12.1 Å². The van der Waals surface area contributed by atoms with Crippen LogP contribution in [0, 0.1) is 11.7 Å². The lowest BCUT2D eigenvalue weighted by Gasteiger charge is -2.24. The molecular weight excluding hydrogens is 231 g/mol. The summed E-state index contributed by atoms with van der Waals surface area (Å²) in [5.74, 6) is 0.557. The molecule has 0 spiro atoms. The van der Waals surface area contributed by atoms with E-state index in [-0.39, 0.29) is 17.6 Å². The minimum absolute atomic E-state index is 0.266. The molecule has 1 unspecified atom stereocenters. The lowest BCUT2D eigenvalue weighted by Crippen LogP contribution is -2.35. The number of halogens is 1. The fraction of sp³-hybridized carbons (Fsp3) is 0.571. The van der Waals surface area contributed by atoms with Crippen molar-refractivity contribution >= 4 is 5.69 Å². The Hall–Kier alpha value is -1.29. The number of hydrogen-bond donors (Lipinski definition) is 2. The Morgan fingerprint density at radius 2 is 2.17 bits per heavy atom. The van der Waals surface area contributed by atoms with Gasteiger partial charge in [0, 0.05) is 24.3 Å². The van der Waals surface area contributed by atoms with Gasteiger partial charge in [0.05, 0.1) is 7.11 Å². The summed E-state index contributed by atoms with van der Waals surface area (Å²) in [5.41, 5.74) is 6.70. The Balaban J connectivity index is 2.06. The van der Waals surface area contributed by atoms with E-state index < -0.39 is 0 Å². The van der Waals surface area contributed by atoms with Crippen LogP contribution in [0.4, 0.5) is 10.1 Å². The minimum Gasteiger partial charge on any atom is -0.494 e. The van der Waals surface area contributed by atoms with Crippen molar-refractivity contribution in [3.05, 3.63) is 24.0 Å². The molecule has 1 saturated carbocycles. The summed E-state index contributed by atoms with van der Waals surface area (Å²) in [4.78, 5) is 0. The zero-order chi connectivity index (χ0) is 13.0. The van der Waals surface area contributed by atoms with Crippen molar-refractivity contribution in [2.75, 3.05) is 19.0 Å². The summed E-state index contributed by atoms with van der Waals surface area (Å²) < 4.78 is 18.3. The highest BCUT2D eigenvalue weighted by Gasteiger charge is 2.23. The van der Waals surface area contributed by atoms with E-state index in [0.717, 1.165) is 5.69 Å². The topological polar surface area (TPSA) is 47.3 Å². The summed E-state index contributed by atoms with van der Waals surface area (Å²) in [6, 6.07) is 5.11. The highest BCUT2D eigenvalue weighted by molar-refractivity contribution is 5.49. The fourth-order valence-electron chi connectivity index (χ4n) is 2.69. The summed E-state index contributed by atoms with van der Waals surface area (Å²) in [7, 11) is 1.47. The molecule has 3 nitrogen and oxygen atoms in total. The standard InChI is InChI=1S/C14H21FN2O/c1-18-14-8-11(6-7-12(14)15)17-13(9-16)10-4-2-3-5-10/h6-8,10,13,17H,2-5,9,16H2,1H3. The van der Waals surface area contributed by atoms with Gasteiger partial charge in [-0.25, -0.2) is 4.39 Å². The molecule has 18 heavy (non-hydrogen) atoms. The molecule has 0 heterocycles. The van der Waals surface area contributed by atoms with E-state index in [0.29, 0.717) is 12.5 Å². The lowest BCUT2D eigenvalue weighted by atomic mass is 9.98. The number of methoxy groups -OCH3 is 1. The number of rotatable bonds is 5. The fourth-order valence-corrected chi connectivity index (χ4v) is 2.69. The normalized spacial score (nSPS) is 17.7. The molecule has 100 valence electrons. The maximum Gasteiger partial charge on any atom is 0.165 e. The largest absolute Gasteiger partial charge is 0.494 e. The number of nitrogens with two attached hydrogens (primary N) is 1. The number of hydrogen-bond acceptors (Lipinski definition) is 3. The highest BCUT2D eigenvalue weighted by atomic mass is 19.1. The van der Waals surface area contributed by atoms with Gasteiger partial charge >= 0.3 is 0 Å². The van der Waals surface area contributed by atoms with E-state index in [1.165, 1.54) is 38.9 Å². The molecule has 0 bridgehead atoms. The molecule has 0 radical (unpaired) electrons. The first kappa shape index (κ1) is 13.1. The smallest absolute Gasteiger partial charge is 0.165 e. The van der Waals surface area contributed by atoms with Crippen LogP contribution in [0.25, 0.3) is 0 Å². The van der Waals surface area contributed by atoms with E-state index in [4.69, 9.17) is 10.5 Å². The minimum atomic E-state index is -0.340. The second-order valence-electron chi connectivity index (χ2n) is 4.88. The Labute approximate surface area is 108 Å². The monoisotopic (exact) mass is 252 g/mol. The molecule has 0 saturated heterocycles. The predicted octanol–water partition coefficient (Wildman–Crippen LogP) is 2.76. The molecule has 2 rings (SSSR count). The van der Waals surface area contributed by atoms with Gasteiger partial charge in [0.15, 0.2) is 11.6 Å². The first-order valence-electron chi connectivity index (χ1n) is 6.54. The second kappa shape index (κ2) is 6.05. The molecule has 1 fully saturated rings. The van der Waals surface area contributed by atoms with Crippen LogP contribution in [0.15, 0.2) is 18.2 Å². The Kier molecular flexibility index (Phi) is 4.42. The van der Waals surface area contributed by atoms with Crippen LogP contribution in [-0.4, -0.2) is 19.7 Å². The first-order valence-corrected chi connectivity index (χ1v) is 6.54. The molecule has 1 atom stereocenters. The summed E-state index contributed by atoms with van der Waals surface area (Å²) >= 11 is 0. The summed E-state index contributed by atoms with van der Waals surface area (Å²) in [5, 5.41) is 3.40. The predicted molar refractivity (Wildman–Crippen MR) is 71.4 cm³/mol. The third kappa shape index (κ3) is 2.93. The van der Waals surface area contributed by atoms with Gasteiger partial charge in [0.2, 0.25) is 0 Å². The SMILES string of the molecule is COc1cc(NC(CN)C2CCCC2)ccc1F. The van der Waals surface area contributed by atoms with Crippen LogP contribution in [0.3, 0.4) is 0 Å². The van der Waals surface area contributed by atoms with Crippen molar-refractivity contribution in [2.45, 2.75) is 31.7 Å². The third-order valence-electron chi connectivity index (χ3n) is 3.73. The van der Waals surface area contributed by atoms with Gasteiger partial charge < -0.3 is 15.8 Å². The zero-order valence-electron chi connectivity index (χ0n) is 10.8. The molecule has 0 aromatic heterocycles. The van der Waals surface area contributed by atoms with Gasteiger partial charge in [-0.1, -0.05) is 12.8 Å². The van der Waals surface area contributed by atoms with Gasteiger partial charge in [0.25, 0.3) is 0 Å². The highest BCUT2D eigenvalue weighted by Crippen LogP contribution is 2.30. The maximum atomic E-state index is 13.3. The van der Waals surface area contributed by atoms with Gasteiger partial charge in [-0.2, -0.15) is 0 Å². The van der Waals surface area contributed by atoms with Crippen molar-refractivity contribution in [1.29, 1.82) is 0 Å². The zero-order valence-corrected chi connectivity index (χ0v) is 10.8. The molecule has 0 aliphatic heterocycles. The van der Waals surface area contributed by atoms with Crippen molar-refractivity contribution < 1.29 is 9.13 Å². The van der Waals surface area contributed by atoms with Gasteiger partial charge in [-0.3, -0.25) is 0 Å². The average Bonchev–Trinajstić information content (AvgIpc) is 2.91. The number of nitrogens with one attached hydrogen (secondary N) is 1. The quantitative estimate of drug-likeness (QED) is 0.847. The summed E-state index contributed by atoms with van der Waals surface area (Å²) in [6.45, 7) is 0.602. The Morgan fingerprint density at radius 3 is 2.78 bits per heavy atom. The Morgan fingerprint density at radius 1 is 1.44 bits per heavy atom. The first-order chi connectivity index (χ1) is 8.74. The molecule has 4 heteroatoms. The third-order valence-corrected chi connectivity index (χ3v) is 3.73. The van der Waals surface area contributed by atoms with Crippen LogP contribution in [0.5, 0.6) is 5.75 Å². The molecule has 1 aromatic carbocycles. The van der Waals surface area contributed by atoms with Gasteiger partial charge in [0.1, 0.15) is 0 Å². The van der Waals surface area contributed by atoms with Crippen LogP contribution in [-0.2, 0) is 0 Å². The molecule has 3 N–H and O–H groups in total. The molecule has 1 aliphatic carbocycles. The molecule has 1 aromatic rings. The van der Waals surface area contributed by atoms with Crippen molar-refractivity contribution in [3.8, 4) is 5.75 Å². The Bertz CT molecular complexity index is 391. The van der Waals surface area contributed by atoms with Gasteiger partial charge in [-0.15, -0.1) is 0 Å². The molecule has 1 aliphatic rings. The second-order valence-corrected chi connectivity index (χ2v) is 4.88. The number of benzene rings is 1. The van der Waals surface area contributed by atoms with E-state index >= 15 is 0 Å². The number of ether oxygens (including phenoxy) is 1. The average molecular weight is 252 g/mol. The van der Waals surface area contributed by atoms with Crippen LogP contribution in [0.1, 0.15) is 25.7 Å².